The largest absolute Gasteiger partial charge is 0.454 e. The van der Waals surface area contributed by atoms with Crippen LogP contribution in [0.2, 0.25) is 0 Å². The molecule has 0 aliphatic carbocycles. The highest BCUT2D eigenvalue weighted by atomic mass is 35.5. The number of carbonyl (C=O) groups is 1. The molecule has 3 nitrogen and oxygen atoms in total. The molecule has 0 saturated heterocycles. The first-order valence-electron chi connectivity index (χ1n) is 7.12. The van der Waals surface area contributed by atoms with E-state index in [9.17, 15) is 4.79 Å². The van der Waals surface area contributed by atoms with Crippen molar-refractivity contribution in [3.63, 3.8) is 0 Å². The molecule has 118 valence electrons. The molecule has 0 aliphatic heterocycles. The molecule has 0 heterocycles. The average Bonchev–Trinajstić information content (AvgIpc) is 2.52. The van der Waals surface area contributed by atoms with E-state index in [2.05, 4.69) is 4.90 Å². The summed E-state index contributed by atoms with van der Waals surface area (Å²) in [6.45, 7) is 0.863. The predicted molar refractivity (Wildman–Crippen MR) is 91.5 cm³/mol. The van der Waals surface area contributed by atoms with Gasteiger partial charge in [0, 0.05) is 13.0 Å². The van der Waals surface area contributed by atoms with E-state index in [-0.39, 0.29) is 24.5 Å². The van der Waals surface area contributed by atoms with Crippen molar-refractivity contribution >= 4 is 18.4 Å². The van der Waals surface area contributed by atoms with Gasteiger partial charge < -0.3 is 9.64 Å². The van der Waals surface area contributed by atoms with Gasteiger partial charge in [-0.15, -0.1) is 12.4 Å². The molecule has 0 bridgehead atoms. The van der Waals surface area contributed by atoms with E-state index >= 15 is 0 Å². The van der Waals surface area contributed by atoms with Crippen LogP contribution in [0.1, 0.15) is 28.4 Å². The summed E-state index contributed by atoms with van der Waals surface area (Å²) in [6.07, 6.45) is 0.552. The van der Waals surface area contributed by atoms with Crippen molar-refractivity contribution in [1.82, 2.24) is 4.90 Å². The lowest BCUT2D eigenvalue weighted by Gasteiger charge is -2.20. The number of carbonyl (C=O) groups excluding carboxylic acids is 1. The second-order valence-electron chi connectivity index (χ2n) is 5.26. The molecular weight excluding hydrogens is 298 g/mol. The van der Waals surface area contributed by atoms with Crippen molar-refractivity contribution in [2.45, 2.75) is 12.5 Å². The maximum Gasteiger partial charge on any atom is 0.338 e. The first kappa shape index (κ1) is 18.2. The molecule has 0 aromatic heterocycles. The van der Waals surface area contributed by atoms with E-state index in [1.165, 1.54) is 0 Å². The van der Waals surface area contributed by atoms with Gasteiger partial charge in [0.1, 0.15) is 6.10 Å². The maximum absolute atomic E-state index is 12.2. The van der Waals surface area contributed by atoms with Crippen LogP contribution in [0.3, 0.4) is 0 Å². The number of nitrogens with zero attached hydrogens (tertiary/aromatic N) is 1. The molecule has 0 aliphatic rings. The first-order chi connectivity index (χ1) is 10.2. The fourth-order valence-corrected chi connectivity index (χ4v) is 2.11. The number of halogens is 1. The van der Waals surface area contributed by atoms with Gasteiger partial charge in [-0.2, -0.15) is 0 Å². The lowest BCUT2D eigenvalue weighted by Crippen LogP contribution is -2.19. The zero-order chi connectivity index (χ0) is 15.1. The zero-order valence-electron chi connectivity index (χ0n) is 12.9. The van der Waals surface area contributed by atoms with Gasteiger partial charge in [0.25, 0.3) is 0 Å². The van der Waals surface area contributed by atoms with Gasteiger partial charge >= 0.3 is 5.97 Å². The van der Waals surface area contributed by atoms with Crippen LogP contribution < -0.4 is 0 Å². The molecule has 22 heavy (non-hydrogen) atoms. The third-order valence-electron chi connectivity index (χ3n) is 3.27. The molecular formula is C18H22ClNO2. The molecule has 0 N–H and O–H groups in total. The number of hydrogen-bond donors (Lipinski definition) is 0. The minimum Gasteiger partial charge on any atom is -0.454 e. The summed E-state index contributed by atoms with van der Waals surface area (Å²) in [5.41, 5.74) is 1.62. The van der Waals surface area contributed by atoms with Gasteiger partial charge in [-0.05, 0) is 31.8 Å². The zero-order valence-corrected chi connectivity index (χ0v) is 13.8. The Labute approximate surface area is 138 Å². The normalized spacial score (nSPS) is 11.6. The highest BCUT2D eigenvalue weighted by Gasteiger charge is 2.17. The summed E-state index contributed by atoms with van der Waals surface area (Å²) < 4.78 is 5.71. The van der Waals surface area contributed by atoms with Gasteiger partial charge in [-0.1, -0.05) is 48.5 Å². The molecule has 0 fully saturated rings. The average molecular weight is 320 g/mol. The molecule has 1 unspecified atom stereocenters. The molecule has 0 amide bonds. The van der Waals surface area contributed by atoms with E-state index in [4.69, 9.17) is 4.74 Å². The van der Waals surface area contributed by atoms with Crippen LogP contribution in [0.4, 0.5) is 0 Å². The van der Waals surface area contributed by atoms with Gasteiger partial charge in [-0.3, -0.25) is 0 Å². The number of esters is 1. The van der Waals surface area contributed by atoms with Crippen LogP contribution in [0, 0.1) is 0 Å². The van der Waals surface area contributed by atoms with Crippen molar-refractivity contribution in [2.24, 2.45) is 0 Å². The Bertz CT molecular complexity index is 558. The summed E-state index contributed by atoms with van der Waals surface area (Å²) in [7, 11) is 4.03. The van der Waals surface area contributed by atoms with E-state index in [1.54, 1.807) is 12.1 Å². The Balaban J connectivity index is 0.00000242. The highest BCUT2D eigenvalue weighted by Crippen LogP contribution is 2.22. The van der Waals surface area contributed by atoms with E-state index in [0.29, 0.717) is 5.56 Å². The monoisotopic (exact) mass is 319 g/mol. The van der Waals surface area contributed by atoms with Crippen LogP contribution >= 0.6 is 12.4 Å². The predicted octanol–water partition coefficient (Wildman–Crippen LogP) is 3.96. The smallest absolute Gasteiger partial charge is 0.338 e. The van der Waals surface area contributed by atoms with Crippen molar-refractivity contribution in [1.29, 1.82) is 0 Å². The van der Waals surface area contributed by atoms with Gasteiger partial charge in [-0.25, -0.2) is 4.79 Å². The first-order valence-corrected chi connectivity index (χ1v) is 7.12. The molecule has 0 saturated carbocycles. The van der Waals surface area contributed by atoms with Gasteiger partial charge in [0.05, 0.1) is 5.56 Å². The van der Waals surface area contributed by atoms with Crippen LogP contribution in [0.15, 0.2) is 60.7 Å². The van der Waals surface area contributed by atoms with Crippen molar-refractivity contribution in [2.75, 3.05) is 20.6 Å². The Morgan fingerprint density at radius 1 is 1.00 bits per heavy atom. The highest BCUT2D eigenvalue weighted by molar-refractivity contribution is 5.89. The summed E-state index contributed by atoms with van der Waals surface area (Å²) in [6, 6.07) is 19.0. The third-order valence-corrected chi connectivity index (χ3v) is 3.27. The summed E-state index contributed by atoms with van der Waals surface area (Å²) in [5, 5.41) is 0. The lowest BCUT2D eigenvalue weighted by atomic mass is 10.1. The molecule has 0 spiro atoms. The number of benzene rings is 2. The molecule has 2 rings (SSSR count). The van der Waals surface area contributed by atoms with Gasteiger partial charge in [0.15, 0.2) is 0 Å². The number of hydrogen-bond acceptors (Lipinski definition) is 3. The topological polar surface area (TPSA) is 29.5 Å². The molecule has 2 aromatic carbocycles. The van der Waals surface area contributed by atoms with Crippen LogP contribution in [-0.2, 0) is 4.74 Å². The Morgan fingerprint density at radius 3 is 2.09 bits per heavy atom. The summed E-state index contributed by atoms with van der Waals surface area (Å²) in [4.78, 5) is 14.3. The second kappa shape index (κ2) is 9.23. The molecule has 4 heteroatoms. The Kier molecular flexibility index (Phi) is 7.64. The molecule has 1 atom stereocenters. The summed E-state index contributed by atoms with van der Waals surface area (Å²) in [5.74, 6) is -0.275. The van der Waals surface area contributed by atoms with Crippen molar-refractivity contribution in [3.05, 3.63) is 71.8 Å². The van der Waals surface area contributed by atoms with Crippen LogP contribution in [-0.4, -0.2) is 31.5 Å². The quantitative estimate of drug-likeness (QED) is 0.755. The fraction of sp³-hybridized carbons (Fsp3) is 0.278. The third kappa shape index (κ3) is 5.51. The Hall–Kier alpha value is -1.84. The standard InChI is InChI=1S/C18H21NO2.ClH/c1-19(2)14-13-17(15-9-5-3-6-10-15)21-18(20)16-11-7-4-8-12-16;/h3-12,17H,13-14H2,1-2H3;1H. The van der Waals surface area contributed by atoms with E-state index in [0.717, 1.165) is 18.5 Å². The van der Waals surface area contributed by atoms with Crippen LogP contribution in [0.5, 0.6) is 0 Å². The maximum atomic E-state index is 12.2. The molecule has 0 radical (unpaired) electrons. The minimum absolute atomic E-state index is 0. The van der Waals surface area contributed by atoms with Crippen LogP contribution in [0.25, 0.3) is 0 Å². The number of ether oxygens (including phenoxy) is 1. The summed E-state index contributed by atoms with van der Waals surface area (Å²) >= 11 is 0. The number of rotatable bonds is 6. The van der Waals surface area contributed by atoms with E-state index < -0.39 is 0 Å². The van der Waals surface area contributed by atoms with Gasteiger partial charge in [0.2, 0.25) is 0 Å². The fourth-order valence-electron chi connectivity index (χ4n) is 2.11. The SMILES string of the molecule is CN(C)CCC(OC(=O)c1ccccc1)c1ccccc1.Cl. The minimum atomic E-state index is -0.275. The Morgan fingerprint density at radius 2 is 1.55 bits per heavy atom. The van der Waals surface area contributed by atoms with E-state index in [1.807, 2.05) is 62.6 Å². The lowest BCUT2D eigenvalue weighted by molar-refractivity contribution is 0.0261. The molecule has 2 aromatic rings. The van der Waals surface area contributed by atoms with Crippen molar-refractivity contribution in [3.8, 4) is 0 Å². The second-order valence-corrected chi connectivity index (χ2v) is 5.26. The van der Waals surface area contributed by atoms with Crippen molar-refractivity contribution < 1.29 is 9.53 Å².